The highest BCUT2D eigenvalue weighted by Crippen LogP contribution is 2.25. The van der Waals surface area contributed by atoms with Gasteiger partial charge >= 0.3 is 0 Å². The summed E-state index contributed by atoms with van der Waals surface area (Å²) in [6.07, 6.45) is 3.15. The molecular weight excluding hydrogens is 310 g/mol. The van der Waals surface area contributed by atoms with Crippen molar-refractivity contribution >= 4 is 27.3 Å². The average molecular weight is 325 g/mol. The SMILES string of the molecule is Cc1cncc(C(=O)NC(C)c2ccc(S(N)(=O)=O)s2)c1. The summed E-state index contributed by atoms with van der Waals surface area (Å²) in [7, 11) is -3.71. The molecule has 21 heavy (non-hydrogen) atoms. The Morgan fingerprint density at radius 3 is 2.67 bits per heavy atom. The first kappa shape index (κ1) is 15.6. The summed E-state index contributed by atoms with van der Waals surface area (Å²) in [5.74, 6) is -0.260. The van der Waals surface area contributed by atoms with Gasteiger partial charge in [0.25, 0.3) is 5.91 Å². The van der Waals surface area contributed by atoms with Gasteiger partial charge in [0.2, 0.25) is 10.0 Å². The zero-order valence-electron chi connectivity index (χ0n) is 11.5. The molecule has 3 N–H and O–H groups in total. The number of amides is 1. The topological polar surface area (TPSA) is 102 Å². The van der Waals surface area contributed by atoms with Gasteiger partial charge in [0.15, 0.2) is 0 Å². The molecule has 0 aliphatic carbocycles. The van der Waals surface area contributed by atoms with Crippen LogP contribution in [-0.4, -0.2) is 19.3 Å². The van der Waals surface area contributed by atoms with Crippen LogP contribution in [-0.2, 0) is 10.0 Å². The third kappa shape index (κ3) is 3.87. The number of carbonyl (C=O) groups excluding carboxylic acids is 1. The van der Waals surface area contributed by atoms with Crippen molar-refractivity contribution in [1.82, 2.24) is 10.3 Å². The Balaban J connectivity index is 2.13. The number of aryl methyl sites for hydroxylation is 1. The standard InChI is InChI=1S/C13H15N3O3S2/c1-8-5-10(7-15-6-8)13(17)16-9(2)11-3-4-12(20-11)21(14,18)19/h3-7,9H,1-2H3,(H,16,17)(H2,14,18,19). The number of nitrogens with one attached hydrogen (secondary N) is 1. The molecule has 8 heteroatoms. The minimum atomic E-state index is -3.71. The molecule has 0 aromatic carbocycles. The number of nitrogens with two attached hydrogens (primary N) is 1. The smallest absolute Gasteiger partial charge is 0.253 e. The van der Waals surface area contributed by atoms with Gasteiger partial charge < -0.3 is 5.32 Å². The first-order valence-electron chi connectivity index (χ1n) is 6.12. The molecule has 0 saturated carbocycles. The lowest BCUT2D eigenvalue weighted by Crippen LogP contribution is -2.26. The number of nitrogens with zero attached hydrogens (tertiary/aromatic N) is 1. The summed E-state index contributed by atoms with van der Waals surface area (Å²) in [5, 5.41) is 7.87. The molecule has 0 aliphatic rings. The van der Waals surface area contributed by atoms with Gasteiger partial charge in [0, 0.05) is 17.3 Å². The number of hydrogen-bond acceptors (Lipinski definition) is 5. The van der Waals surface area contributed by atoms with Gasteiger partial charge in [-0.3, -0.25) is 9.78 Å². The van der Waals surface area contributed by atoms with Crippen molar-refractivity contribution in [3.05, 3.63) is 46.6 Å². The van der Waals surface area contributed by atoms with E-state index < -0.39 is 10.0 Å². The van der Waals surface area contributed by atoms with Crippen molar-refractivity contribution in [3.8, 4) is 0 Å². The highest BCUT2D eigenvalue weighted by Gasteiger charge is 2.17. The van der Waals surface area contributed by atoms with Crippen LogP contribution >= 0.6 is 11.3 Å². The second-order valence-electron chi connectivity index (χ2n) is 4.65. The van der Waals surface area contributed by atoms with Crippen LogP contribution in [0.3, 0.4) is 0 Å². The molecule has 1 unspecified atom stereocenters. The number of rotatable bonds is 4. The lowest BCUT2D eigenvalue weighted by atomic mass is 10.2. The van der Waals surface area contributed by atoms with Gasteiger partial charge in [-0.05, 0) is 37.6 Å². The van der Waals surface area contributed by atoms with E-state index in [-0.39, 0.29) is 16.2 Å². The molecule has 0 bridgehead atoms. The predicted molar refractivity (Wildman–Crippen MR) is 80.5 cm³/mol. The molecule has 2 aromatic heterocycles. The van der Waals surface area contributed by atoms with Crippen LogP contribution in [0.2, 0.25) is 0 Å². The van der Waals surface area contributed by atoms with E-state index in [2.05, 4.69) is 10.3 Å². The summed E-state index contributed by atoms with van der Waals surface area (Å²) in [4.78, 5) is 16.8. The van der Waals surface area contributed by atoms with E-state index in [1.807, 2.05) is 6.92 Å². The van der Waals surface area contributed by atoms with Crippen LogP contribution < -0.4 is 10.5 Å². The molecule has 0 aliphatic heterocycles. The minimum absolute atomic E-state index is 0.0795. The van der Waals surface area contributed by atoms with Gasteiger partial charge in [-0.25, -0.2) is 13.6 Å². The van der Waals surface area contributed by atoms with E-state index in [0.29, 0.717) is 10.4 Å². The normalized spacial score (nSPS) is 12.9. The molecule has 0 radical (unpaired) electrons. The molecule has 2 heterocycles. The van der Waals surface area contributed by atoms with Gasteiger partial charge in [0.05, 0.1) is 11.6 Å². The Hall–Kier alpha value is -1.77. The third-order valence-electron chi connectivity index (χ3n) is 2.79. The maximum atomic E-state index is 12.1. The number of hydrogen-bond donors (Lipinski definition) is 2. The lowest BCUT2D eigenvalue weighted by molar-refractivity contribution is 0.0940. The van der Waals surface area contributed by atoms with Crippen LogP contribution in [0.1, 0.15) is 33.8 Å². The average Bonchev–Trinajstić information content (AvgIpc) is 2.88. The van der Waals surface area contributed by atoms with Gasteiger partial charge in [-0.1, -0.05) is 0 Å². The Labute approximate surface area is 127 Å². The van der Waals surface area contributed by atoms with E-state index in [1.165, 1.54) is 12.3 Å². The second-order valence-corrected chi connectivity index (χ2v) is 7.55. The van der Waals surface area contributed by atoms with E-state index in [4.69, 9.17) is 5.14 Å². The van der Waals surface area contributed by atoms with E-state index in [0.717, 1.165) is 16.9 Å². The van der Waals surface area contributed by atoms with Gasteiger partial charge in [0.1, 0.15) is 4.21 Å². The summed E-state index contributed by atoms with van der Waals surface area (Å²) in [6, 6.07) is 4.49. The molecule has 1 atom stereocenters. The number of aromatic nitrogens is 1. The monoisotopic (exact) mass is 325 g/mol. The molecule has 2 aromatic rings. The van der Waals surface area contributed by atoms with Crippen LogP contribution in [0.5, 0.6) is 0 Å². The van der Waals surface area contributed by atoms with Crippen molar-refractivity contribution in [1.29, 1.82) is 0 Å². The van der Waals surface area contributed by atoms with E-state index >= 15 is 0 Å². The Kier molecular flexibility index (Phi) is 4.40. The summed E-state index contributed by atoms with van der Waals surface area (Å²) < 4.78 is 22.6. The maximum absolute atomic E-state index is 12.1. The fourth-order valence-electron chi connectivity index (χ4n) is 1.75. The second kappa shape index (κ2) is 5.92. The highest BCUT2D eigenvalue weighted by molar-refractivity contribution is 7.91. The Morgan fingerprint density at radius 1 is 1.38 bits per heavy atom. The zero-order chi connectivity index (χ0) is 15.6. The molecule has 0 saturated heterocycles. The largest absolute Gasteiger partial charge is 0.345 e. The van der Waals surface area contributed by atoms with Crippen molar-refractivity contribution in [2.24, 2.45) is 5.14 Å². The summed E-state index contributed by atoms with van der Waals surface area (Å²) in [6.45, 7) is 3.63. The van der Waals surface area contributed by atoms with E-state index in [1.54, 1.807) is 25.3 Å². The fraction of sp³-hybridized carbons (Fsp3) is 0.231. The molecule has 0 spiro atoms. The third-order valence-corrected chi connectivity index (χ3v) is 5.50. The first-order valence-corrected chi connectivity index (χ1v) is 8.48. The molecule has 6 nitrogen and oxygen atoms in total. The van der Waals surface area contributed by atoms with Crippen LogP contribution in [0.4, 0.5) is 0 Å². The van der Waals surface area contributed by atoms with E-state index in [9.17, 15) is 13.2 Å². The first-order chi connectivity index (χ1) is 9.77. The summed E-state index contributed by atoms with van der Waals surface area (Å²) in [5.41, 5.74) is 1.35. The van der Waals surface area contributed by atoms with Crippen molar-refractivity contribution in [2.75, 3.05) is 0 Å². The predicted octanol–water partition coefficient (Wildman–Crippen LogP) is 1.59. The lowest BCUT2D eigenvalue weighted by Gasteiger charge is -2.12. The molecule has 2 rings (SSSR count). The molecular formula is C13H15N3O3S2. The molecule has 1 amide bonds. The molecule has 112 valence electrons. The van der Waals surface area contributed by atoms with Gasteiger partial charge in [-0.15, -0.1) is 11.3 Å². The fourth-order valence-corrected chi connectivity index (χ4v) is 3.50. The Morgan fingerprint density at radius 2 is 2.10 bits per heavy atom. The number of sulfonamides is 1. The number of carbonyl (C=O) groups is 1. The van der Waals surface area contributed by atoms with Crippen molar-refractivity contribution in [3.63, 3.8) is 0 Å². The summed E-state index contributed by atoms with van der Waals surface area (Å²) >= 11 is 1.04. The van der Waals surface area contributed by atoms with Crippen LogP contribution in [0.25, 0.3) is 0 Å². The van der Waals surface area contributed by atoms with Crippen LogP contribution in [0.15, 0.2) is 34.8 Å². The Bertz CT molecular complexity index is 768. The quantitative estimate of drug-likeness (QED) is 0.891. The number of primary sulfonamides is 1. The maximum Gasteiger partial charge on any atom is 0.253 e. The zero-order valence-corrected chi connectivity index (χ0v) is 13.2. The van der Waals surface area contributed by atoms with Crippen molar-refractivity contribution < 1.29 is 13.2 Å². The number of pyridine rings is 1. The minimum Gasteiger partial charge on any atom is -0.345 e. The highest BCUT2D eigenvalue weighted by atomic mass is 32.2. The van der Waals surface area contributed by atoms with Gasteiger partial charge in [-0.2, -0.15) is 0 Å². The van der Waals surface area contributed by atoms with Crippen LogP contribution in [0, 0.1) is 6.92 Å². The molecule has 0 fully saturated rings. The number of thiophene rings is 1. The van der Waals surface area contributed by atoms with Crippen molar-refractivity contribution in [2.45, 2.75) is 24.1 Å².